The minimum Gasteiger partial charge on any atom is -0.481 e. The van der Waals surface area contributed by atoms with Gasteiger partial charge in [-0.3, -0.25) is 0 Å². The van der Waals surface area contributed by atoms with Crippen molar-refractivity contribution in [3.63, 3.8) is 0 Å². The lowest BCUT2D eigenvalue weighted by molar-refractivity contribution is -0.136. The van der Waals surface area contributed by atoms with Crippen LogP contribution in [0.25, 0.3) is 11.1 Å². The van der Waals surface area contributed by atoms with Crippen molar-refractivity contribution in [1.82, 2.24) is 0 Å². The fraction of sp³-hybridized carbons (Fsp3) is 0.136. The average Bonchev–Trinajstić information content (AvgIpc) is 2.63. The van der Waals surface area contributed by atoms with Crippen LogP contribution in [0, 0.1) is 13.8 Å². The van der Waals surface area contributed by atoms with E-state index in [0.717, 1.165) is 28.0 Å². The fourth-order valence-corrected chi connectivity index (χ4v) is 2.66. The zero-order valence-electron chi connectivity index (χ0n) is 14.4. The maximum absolute atomic E-state index is 12.0. The molecule has 0 spiro atoms. The van der Waals surface area contributed by atoms with Gasteiger partial charge in [-0.1, -0.05) is 60.7 Å². The highest BCUT2D eigenvalue weighted by Gasteiger charge is 2.09. The number of aryl methyl sites for hydroxylation is 2. The van der Waals surface area contributed by atoms with E-state index in [2.05, 4.69) is 0 Å². The number of benzene rings is 3. The molecule has 0 atom stereocenters. The van der Waals surface area contributed by atoms with Gasteiger partial charge in [0.25, 0.3) is 0 Å². The van der Waals surface area contributed by atoms with Gasteiger partial charge in [-0.05, 0) is 48.2 Å². The zero-order valence-corrected chi connectivity index (χ0v) is 14.4. The van der Waals surface area contributed by atoms with Crippen molar-refractivity contribution >= 4 is 5.97 Å². The highest BCUT2D eigenvalue weighted by Crippen LogP contribution is 2.23. The van der Waals surface area contributed by atoms with Crippen molar-refractivity contribution < 1.29 is 14.3 Å². The Morgan fingerprint density at radius 3 is 2.00 bits per heavy atom. The first-order valence-corrected chi connectivity index (χ1v) is 8.18. The van der Waals surface area contributed by atoms with Crippen LogP contribution in [-0.2, 0) is 4.79 Å². The van der Waals surface area contributed by atoms with Gasteiger partial charge in [-0.2, -0.15) is 0 Å². The van der Waals surface area contributed by atoms with E-state index in [9.17, 15) is 4.79 Å². The second-order valence-electron chi connectivity index (χ2n) is 5.87. The molecule has 126 valence electrons. The molecular formula is C22H20O3. The second kappa shape index (κ2) is 7.67. The standard InChI is InChI=1S/C22H20O3/c1-16-7-6-8-17(2)22(16)24-15-21(23)25-20-13-11-19(12-14-20)18-9-4-3-5-10-18/h3-14H,15H2,1-2H3. The Kier molecular flexibility index (Phi) is 5.14. The molecule has 3 rings (SSSR count). The number of ether oxygens (including phenoxy) is 2. The molecule has 0 bridgehead atoms. The van der Waals surface area contributed by atoms with Crippen LogP contribution in [0.2, 0.25) is 0 Å². The smallest absolute Gasteiger partial charge is 0.349 e. The Bertz CT molecular complexity index is 832. The SMILES string of the molecule is Cc1cccc(C)c1OCC(=O)Oc1ccc(-c2ccccc2)cc1. The summed E-state index contributed by atoms with van der Waals surface area (Å²) in [5.41, 5.74) is 4.20. The summed E-state index contributed by atoms with van der Waals surface area (Å²) < 4.78 is 11.0. The van der Waals surface area contributed by atoms with Gasteiger partial charge in [-0.25, -0.2) is 4.79 Å². The average molecular weight is 332 g/mol. The van der Waals surface area contributed by atoms with Crippen LogP contribution in [0.5, 0.6) is 11.5 Å². The van der Waals surface area contributed by atoms with E-state index in [1.54, 1.807) is 12.1 Å². The van der Waals surface area contributed by atoms with Crippen LogP contribution in [0.4, 0.5) is 0 Å². The highest BCUT2D eigenvalue weighted by atomic mass is 16.6. The Balaban J connectivity index is 1.60. The van der Waals surface area contributed by atoms with Crippen molar-refractivity contribution in [2.45, 2.75) is 13.8 Å². The molecule has 3 heteroatoms. The molecule has 0 aliphatic rings. The van der Waals surface area contributed by atoms with Gasteiger partial charge >= 0.3 is 5.97 Å². The summed E-state index contributed by atoms with van der Waals surface area (Å²) >= 11 is 0. The fourth-order valence-electron chi connectivity index (χ4n) is 2.66. The third-order valence-corrected chi connectivity index (χ3v) is 3.94. The van der Waals surface area contributed by atoms with E-state index >= 15 is 0 Å². The van der Waals surface area contributed by atoms with Crippen LogP contribution in [0.1, 0.15) is 11.1 Å². The lowest BCUT2D eigenvalue weighted by Gasteiger charge is -2.11. The predicted octanol–water partition coefficient (Wildman–Crippen LogP) is 4.95. The molecule has 3 nitrogen and oxygen atoms in total. The van der Waals surface area contributed by atoms with E-state index in [0.29, 0.717) is 5.75 Å². The molecular weight excluding hydrogens is 312 g/mol. The third kappa shape index (κ3) is 4.27. The summed E-state index contributed by atoms with van der Waals surface area (Å²) in [7, 11) is 0. The van der Waals surface area contributed by atoms with Crippen LogP contribution in [0.15, 0.2) is 72.8 Å². The van der Waals surface area contributed by atoms with E-state index in [1.165, 1.54) is 0 Å². The lowest BCUT2D eigenvalue weighted by Crippen LogP contribution is -2.18. The lowest BCUT2D eigenvalue weighted by atomic mass is 10.1. The molecule has 0 saturated carbocycles. The maximum atomic E-state index is 12.0. The van der Waals surface area contributed by atoms with E-state index in [-0.39, 0.29) is 6.61 Å². The normalized spacial score (nSPS) is 10.3. The summed E-state index contributed by atoms with van der Waals surface area (Å²) in [6.07, 6.45) is 0. The number of esters is 1. The van der Waals surface area contributed by atoms with Crippen molar-refractivity contribution in [3.8, 4) is 22.6 Å². The molecule has 0 amide bonds. The summed E-state index contributed by atoms with van der Waals surface area (Å²) in [4.78, 5) is 12.0. The minimum absolute atomic E-state index is 0.119. The molecule has 0 aliphatic carbocycles. The first-order chi connectivity index (χ1) is 12.1. The molecule has 0 unspecified atom stereocenters. The number of carbonyl (C=O) groups is 1. The van der Waals surface area contributed by atoms with Gasteiger partial charge in [0.1, 0.15) is 11.5 Å². The van der Waals surface area contributed by atoms with Gasteiger partial charge in [-0.15, -0.1) is 0 Å². The summed E-state index contributed by atoms with van der Waals surface area (Å²) in [6, 6.07) is 23.4. The molecule has 0 saturated heterocycles. The molecule has 0 aliphatic heterocycles. The Morgan fingerprint density at radius 1 is 0.760 bits per heavy atom. The van der Waals surface area contributed by atoms with Crippen LogP contribution >= 0.6 is 0 Å². The maximum Gasteiger partial charge on any atom is 0.349 e. The monoisotopic (exact) mass is 332 g/mol. The number of hydrogen-bond donors (Lipinski definition) is 0. The van der Waals surface area contributed by atoms with Gasteiger partial charge < -0.3 is 9.47 Å². The Morgan fingerprint density at radius 2 is 1.36 bits per heavy atom. The first-order valence-electron chi connectivity index (χ1n) is 8.18. The minimum atomic E-state index is -0.421. The van der Waals surface area contributed by atoms with Crippen molar-refractivity contribution in [1.29, 1.82) is 0 Å². The molecule has 3 aromatic carbocycles. The first kappa shape index (κ1) is 16.8. The van der Waals surface area contributed by atoms with Gasteiger partial charge in [0.15, 0.2) is 6.61 Å². The zero-order chi connectivity index (χ0) is 17.6. The van der Waals surface area contributed by atoms with E-state index in [1.807, 2.05) is 74.5 Å². The topological polar surface area (TPSA) is 35.5 Å². The van der Waals surface area contributed by atoms with Gasteiger partial charge in [0, 0.05) is 0 Å². The Hall–Kier alpha value is -3.07. The number of rotatable bonds is 5. The number of para-hydroxylation sites is 1. The second-order valence-corrected chi connectivity index (χ2v) is 5.87. The Labute approximate surface area is 147 Å². The van der Waals surface area contributed by atoms with Crippen molar-refractivity contribution in [3.05, 3.63) is 83.9 Å². The van der Waals surface area contributed by atoms with Gasteiger partial charge in [0.05, 0.1) is 0 Å². The van der Waals surface area contributed by atoms with Crippen molar-refractivity contribution in [2.24, 2.45) is 0 Å². The molecule has 0 fully saturated rings. The highest BCUT2D eigenvalue weighted by molar-refractivity contribution is 5.74. The van der Waals surface area contributed by atoms with Crippen LogP contribution in [0.3, 0.4) is 0 Å². The number of hydrogen-bond acceptors (Lipinski definition) is 3. The predicted molar refractivity (Wildman–Crippen MR) is 98.9 cm³/mol. The van der Waals surface area contributed by atoms with E-state index < -0.39 is 5.97 Å². The molecule has 0 heterocycles. The summed E-state index contributed by atoms with van der Waals surface area (Å²) in [5.74, 6) is 0.823. The third-order valence-electron chi connectivity index (χ3n) is 3.94. The molecule has 25 heavy (non-hydrogen) atoms. The van der Waals surface area contributed by atoms with Crippen molar-refractivity contribution in [2.75, 3.05) is 6.61 Å². The molecule has 3 aromatic rings. The van der Waals surface area contributed by atoms with Crippen LogP contribution in [-0.4, -0.2) is 12.6 Å². The summed E-state index contributed by atoms with van der Waals surface area (Å²) in [6.45, 7) is 3.79. The number of carbonyl (C=O) groups excluding carboxylic acids is 1. The summed E-state index contributed by atoms with van der Waals surface area (Å²) in [5, 5.41) is 0. The molecule has 0 radical (unpaired) electrons. The van der Waals surface area contributed by atoms with Crippen LogP contribution < -0.4 is 9.47 Å². The largest absolute Gasteiger partial charge is 0.481 e. The molecule has 0 aromatic heterocycles. The molecule has 0 N–H and O–H groups in total. The van der Waals surface area contributed by atoms with E-state index in [4.69, 9.17) is 9.47 Å². The quantitative estimate of drug-likeness (QED) is 0.489. The van der Waals surface area contributed by atoms with Gasteiger partial charge in [0.2, 0.25) is 0 Å².